The molecule has 76 valence electrons. The summed E-state index contributed by atoms with van der Waals surface area (Å²) in [6.45, 7) is 8.05. The van der Waals surface area contributed by atoms with Crippen molar-refractivity contribution in [2.24, 2.45) is 5.73 Å². The molecule has 0 radical (unpaired) electrons. The molecule has 1 fully saturated rings. The predicted octanol–water partition coefficient (Wildman–Crippen LogP) is -0.848. The average Bonchev–Trinajstić information content (AvgIpc) is 2.08. The number of piperazine rings is 1. The maximum absolute atomic E-state index is 10.8. The Balaban J connectivity index is 2.18. The fourth-order valence-corrected chi connectivity index (χ4v) is 1.67. The van der Waals surface area contributed by atoms with Gasteiger partial charge in [0.25, 0.3) is 0 Å². The predicted molar refractivity (Wildman–Crippen MR) is 52.6 cm³/mol. The summed E-state index contributed by atoms with van der Waals surface area (Å²) in [4.78, 5) is 15.4. The monoisotopic (exact) mass is 185 g/mol. The van der Waals surface area contributed by atoms with E-state index in [-0.39, 0.29) is 5.78 Å². The largest absolute Gasteiger partial charge is 0.329 e. The molecule has 0 unspecified atom stereocenters. The zero-order valence-electron chi connectivity index (χ0n) is 8.33. The molecule has 0 saturated carbocycles. The van der Waals surface area contributed by atoms with Crippen LogP contribution >= 0.6 is 0 Å². The van der Waals surface area contributed by atoms with Gasteiger partial charge < -0.3 is 5.73 Å². The van der Waals surface area contributed by atoms with Gasteiger partial charge >= 0.3 is 0 Å². The molecule has 1 heterocycles. The minimum atomic E-state index is 0.257. The number of carbonyl (C=O) groups is 1. The highest BCUT2D eigenvalue weighted by molar-refractivity contribution is 5.77. The van der Waals surface area contributed by atoms with E-state index in [4.69, 9.17) is 5.73 Å². The molecule has 0 aliphatic carbocycles. The quantitative estimate of drug-likeness (QED) is 0.620. The van der Waals surface area contributed by atoms with E-state index in [1.807, 2.05) is 0 Å². The highest BCUT2D eigenvalue weighted by Crippen LogP contribution is 2.00. The molecular weight excluding hydrogens is 166 g/mol. The van der Waals surface area contributed by atoms with Gasteiger partial charge in [-0.1, -0.05) is 0 Å². The minimum Gasteiger partial charge on any atom is -0.329 e. The number of carbonyl (C=O) groups excluding carboxylic acids is 1. The molecule has 1 aliphatic heterocycles. The number of nitrogens with zero attached hydrogens (tertiary/aromatic N) is 2. The van der Waals surface area contributed by atoms with E-state index in [9.17, 15) is 4.79 Å². The van der Waals surface area contributed by atoms with E-state index in [2.05, 4.69) is 9.80 Å². The van der Waals surface area contributed by atoms with Gasteiger partial charge in [-0.05, 0) is 6.92 Å². The van der Waals surface area contributed by atoms with Gasteiger partial charge in [0.05, 0.1) is 6.54 Å². The molecule has 2 N–H and O–H groups in total. The Labute approximate surface area is 79.7 Å². The van der Waals surface area contributed by atoms with Crippen LogP contribution in [0.1, 0.15) is 6.92 Å². The van der Waals surface area contributed by atoms with Crippen molar-refractivity contribution in [2.75, 3.05) is 45.8 Å². The molecule has 0 aromatic rings. The van der Waals surface area contributed by atoms with Crippen molar-refractivity contribution in [1.82, 2.24) is 9.80 Å². The molecule has 0 spiro atoms. The fraction of sp³-hybridized carbons (Fsp3) is 0.889. The first-order valence-corrected chi connectivity index (χ1v) is 4.86. The van der Waals surface area contributed by atoms with Crippen molar-refractivity contribution in [3.05, 3.63) is 0 Å². The van der Waals surface area contributed by atoms with Crippen LogP contribution in [0.4, 0.5) is 0 Å². The third-order valence-electron chi connectivity index (χ3n) is 2.36. The summed E-state index contributed by atoms with van der Waals surface area (Å²) < 4.78 is 0. The van der Waals surface area contributed by atoms with Crippen LogP contribution in [0, 0.1) is 0 Å². The SMILES string of the molecule is CC(=O)CN1CCN(CCN)CC1. The second-order valence-corrected chi connectivity index (χ2v) is 3.61. The summed E-state index contributed by atoms with van der Waals surface area (Å²) in [5, 5.41) is 0. The van der Waals surface area contributed by atoms with Crippen molar-refractivity contribution < 1.29 is 4.79 Å². The normalized spacial score (nSPS) is 20.5. The van der Waals surface area contributed by atoms with Crippen LogP contribution in [0.2, 0.25) is 0 Å². The molecule has 0 aromatic heterocycles. The average molecular weight is 185 g/mol. The van der Waals surface area contributed by atoms with Crippen LogP contribution in [0.3, 0.4) is 0 Å². The van der Waals surface area contributed by atoms with Crippen LogP contribution in [0.15, 0.2) is 0 Å². The smallest absolute Gasteiger partial charge is 0.143 e. The molecule has 0 atom stereocenters. The molecule has 4 heteroatoms. The number of hydrogen-bond donors (Lipinski definition) is 1. The third kappa shape index (κ3) is 3.85. The van der Waals surface area contributed by atoms with Crippen molar-refractivity contribution in [3.8, 4) is 0 Å². The van der Waals surface area contributed by atoms with Crippen molar-refractivity contribution >= 4 is 5.78 Å². The van der Waals surface area contributed by atoms with Gasteiger partial charge in [-0.3, -0.25) is 14.6 Å². The van der Waals surface area contributed by atoms with Gasteiger partial charge in [0.1, 0.15) is 5.78 Å². The van der Waals surface area contributed by atoms with Crippen LogP contribution in [0.25, 0.3) is 0 Å². The van der Waals surface area contributed by atoms with Gasteiger partial charge in [-0.15, -0.1) is 0 Å². The summed E-state index contributed by atoms with van der Waals surface area (Å²) in [5.41, 5.74) is 5.47. The zero-order chi connectivity index (χ0) is 9.68. The Morgan fingerprint density at radius 2 is 1.77 bits per heavy atom. The van der Waals surface area contributed by atoms with Gasteiger partial charge in [-0.25, -0.2) is 0 Å². The van der Waals surface area contributed by atoms with E-state index in [1.165, 1.54) is 0 Å². The molecular formula is C9H19N3O. The Hall–Kier alpha value is -0.450. The van der Waals surface area contributed by atoms with E-state index < -0.39 is 0 Å². The molecule has 0 aromatic carbocycles. The molecule has 1 saturated heterocycles. The number of hydrogen-bond acceptors (Lipinski definition) is 4. The lowest BCUT2D eigenvalue weighted by atomic mass is 10.3. The summed E-state index contributed by atoms with van der Waals surface area (Å²) >= 11 is 0. The molecule has 4 nitrogen and oxygen atoms in total. The Morgan fingerprint density at radius 1 is 1.23 bits per heavy atom. The van der Waals surface area contributed by atoms with E-state index >= 15 is 0 Å². The van der Waals surface area contributed by atoms with Gasteiger partial charge in [0.2, 0.25) is 0 Å². The third-order valence-corrected chi connectivity index (χ3v) is 2.36. The van der Waals surface area contributed by atoms with Gasteiger partial charge in [-0.2, -0.15) is 0 Å². The highest BCUT2D eigenvalue weighted by atomic mass is 16.1. The maximum Gasteiger partial charge on any atom is 0.143 e. The lowest BCUT2D eigenvalue weighted by Gasteiger charge is -2.33. The highest BCUT2D eigenvalue weighted by Gasteiger charge is 2.16. The molecule has 1 rings (SSSR count). The summed E-state index contributed by atoms with van der Waals surface area (Å²) in [6, 6.07) is 0. The number of nitrogens with two attached hydrogens (primary N) is 1. The zero-order valence-corrected chi connectivity index (χ0v) is 8.33. The van der Waals surface area contributed by atoms with Crippen molar-refractivity contribution in [2.45, 2.75) is 6.92 Å². The summed E-state index contributed by atoms with van der Waals surface area (Å²) in [5.74, 6) is 0.257. The first-order chi connectivity index (χ1) is 6.22. The van der Waals surface area contributed by atoms with Gasteiger partial charge in [0, 0.05) is 39.3 Å². The van der Waals surface area contributed by atoms with Crippen LogP contribution in [-0.2, 0) is 4.79 Å². The second-order valence-electron chi connectivity index (χ2n) is 3.61. The molecule has 0 amide bonds. The van der Waals surface area contributed by atoms with Crippen LogP contribution < -0.4 is 5.73 Å². The molecule has 1 aliphatic rings. The minimum absolute atomic E-state index is 0.257. The number of Topliss-reactive ketones (excluding diaryl/α,β-unsaturated/α-hetero) is 1. The number of rotatable bonds is 4. The Morgan fingerprint density at radius 3 is 2.23 bits per heavy atom. The summed E-state index contributed by atoms with van der Waals surface area (Å²) in [6.07, 6.45) is 0. The van der Waals surface area contributed by atoms with E-state index in [0.717, 1.165) is 39.3 Å². The van der Waals surface area contributed by atoms with E-state index in [1.54, 1.807) is 6.92 Å². The van der Waals surface area contributed by atoms with Crippen molar-refractivity contribution in [3.63, 3.8) is 0 Å². The second kappa shape index (κ2) is 5.32. The lowest BCUT2D eigenvalue weighted by molar-refractivity contribution is -0.118. The number of ketones is 1. The molecule has 13 heavy (non-hydrogen) atoms. The van der Waals surface area contributed by atoms with Gasteiger partial charge in [0.15, 0.2) is 0 Å². The molecule has 0 bridgehead atoms. The first kappa shape index (κ1) is 10.6. The van der Waals surface area contributed by atoms with Crippen LogP contribution in [0.5, 0.6) is 0 Å². The van der Waals surface area contributed by atoms with Crippen LogP contribution in [-0.4, -0.2) is 61.4 Å². The fourth-order valence-electron chi connectivity index (χ4n) is 1.67. The Bertz CT molecular complexity index is 164. The topological polar surface area (TPSA) is 49.6 Å². The summed E-state index contributed by atoms with van der Waals surface area (Å²) in [7, 11) is 0. The Kier molecular flexibility index (Phi) is 4.35. The first-order valence-electron chi connectivity index (χ1n) is 4.86. The van der Waals surface area contributed by atoms with E-state index in [0.29, 0.717) is 6.54 Å². The lowest BCUT2D eigenvalue weighted by Crippen LogP contribution is -2.48. The maximum atomic E-state index is 10.8. The van der Waals surface area contributed by atoms with Crippen molar-refractivity contribution in [1.29, 1.82) is 0 Å². The standard InChI is InChI=1S/C9H19N3O/c1-9(13)8-12-6-4-11(3-2-10)5-7-12/h2-8,10H2,1H3.